The molecule has 0 radical (unpaired) electrons. The van der Waals surface area contributed by atoms with E-state index >= 15 is 0 Å². The van der Waals surface area contributed by atoms with E-state index in [1.807, 2.05) is 57.2 Å². The molecule has 0 saturated carbocycles. The Morgan fingerprint density at radius 2 is 1.76 bits per heavy atom. The van der Waals surface area contributed by atoms with E-state index in [1.165, 1.54) is 5.56 Å². The van der Waals surface area contributed by atoms with Gasteiger partial charge in [0, 0.05) is 17.8 Å². The summed E-state index contributed by atoms with van der Waals surface area (Å²) in [6.07, 6.45) is 0.627. The first-order valence-corrected chi connectivity index (χ1v) is 8.63. The zero-order chi connectivity index (χ0) is 18.1. The summed E-state index contributed by atoms with van der Waals surface area (Å²) < 4.78 is 0. The number of benzene rings is 2. The van der Waals surface area contributed by atoms with Crippen molar-refractivity contribution in [3.05, 3.63) is 64.2 Å². The van der Waals surface area contributed by atoms with Crippen LogP contribution in [0.3, 0.4) is 0 Å². The number of nitrogens with one attached hydrogen (secondary N) is 1. The van der Waals surface area contributed by atoms with Crippen LogP contribution in [0.25, 0.3) is 0 Å². The monoisotopic (exact) mass is 336 g/mol. The van der Waals surface area contributed by atoms with Gasteiger partial charge in [-0.25, -0.2) is 0 Å². The maximum Gasteiger partial charge on any atom is 0.252 e. The third kappa shape index (κ3) is 3.43. The van der Waals surface area contributed by atoms with Crippen LogP contribution in [-0.2, 0) is 4.79 Å². The van der Waals surface area contributed by atoms with Gasteiger partial charge < -0.3 is 10.2 Å². The van der Waals surface area contributed by atoms with Crippen molar-refractivity contribution in [3.63, 3.8) is 0 Å². The van der Waals surface area contributed by atoms with E-state index in [0.717, 1.165) is 22.4 Å². The Hall–Kier alpha value is -2.62. The fourth-order valence-electron chi connectivity index (χ4n) is 3.27. The van der Waals surface area contributed by atoms with Crippen LogP contribution in [0.2, 0.25) is 0 Å². The van der Waals surface area contributed by atoms with Crippen LogP contribution >= 0.6 is 0 Å². The Morgan fingerprint density at radius 1 is 1.00 bits per heavy atom. The topological polar surface area (TPSA) is 49.4 Å². The summed E-state index contributed by atoms with van der Waals surface area (Å²) in [6, 6.07) is 11.3. The lowest BCUT2D eigenvalue weighted by Gasteiger charge is -2.18. The van der Waals surface area contributed by atoms with Crippen molar-refractivity contribution in [2.24, 2.45) is 0 Å². The number of hydrogen-bond donors (Lipinski definition) is 1. The molecule has 0 spiro atoms. The van der Waals surface area contributed by atoms with Crippen molar-refractivity contribution in [3.8, 4) is 0 Å². The number of rotatable bonds is 3. The van der Waals surface area contributed by atoms with Crippen LogP contribution in [0.5, 0.6) is 0 Å². The minimum atomic E-state index is -0.463. The first kappa shape index (κ1) is 17.2. The molecule has 2 amide bonds. The second-order valence-corrected chi connectivity index (χ2v) is 6.89. The molecule has 3 rings (SSSR count). The molecule has 0 aliphatic carbocycles. The molecule has 4 nitrogen and oxygen atoms in total. The normalized spacial score (nSPS) is 17.0. The quantitative estimate of drug-likeness (QED) is 0.933. The minimum Gasteiger partial charge on any atom is -0.340 e. The number of carbonyl (C=O) groups excluding carboxylic acids is 2. The lowest BCUT2D eigenvalue weighted by Crippen LogP contribution is -2.41. The predicted octanol–water partition coefficient (Wildman–Crippen LogP) is 3.46. The summed E-state index contributed by atoms with van der Waals surface area (Å²) in [4.78, 5) is 27.0. The van der Waals surface area contributed by atoms with Gasteiger partial charge in [-0.1, -0.05) is 23.8 Å². The highest BCUT2D eigenvalue weighted by Gasteiger charge is 2.34. The summed E-state index contributed by atoms with van der Waals surface area (Å²) in [5.41, 5.74) is 5.93. The van der Waals surface area contributed by atoms with Gasteiger partial charge in [0.05, 0.1) is 0 Å². The second kappa shape index (κ2) is 6.71. The summed E-state index contributed by atoms with van der Waals surface area (Å²) in [5, 5.41) is 2.90. The Morgan fingerprint density at radius 3 is 2.44 bits per heavy atom. The van der Waals surface area contributed by atoms with Gasteiger partial charge in [0.15, 0.2) is 0 Å². The SMILES string of the molecule is Cc1ccc(C(=O)N[C@H]2CCN(c3ccc(C)c(C)c3)C2=O)c(C)c1. The van der Waals surface area contributed by atoms with E-state index < -0.39 is 6.04 Å². The number of amides is 2. The lowest BCUT2D eigenvalue weighted by molar-refractivity contribution is -0.118. The first-order valence-electron chi connectivity index (χ1n) is 8.63. The molecular formula is C21H24N2O2. The number of anilines is 1. The van der Waals surface area contributed by atoms with E-state index in [2.05, 4.69) is 12.2 Å². The van der Waals surface area contributed by atoms with E-state index in [-0.39, 0.29) is 11.8 Å². The molecule has 0 unspecified atom stereocenters. The molecule has 130 valence electrons. The van der Waals surface area contributed by atoms with Gasteiger partial charge in [-0.15, -0.1) is 0 Å². The van der Waals surface area contributed by atoms with Crippen LogP contribution in [0.15, 0.2) is 36.4 Å². The molecule has 1 fully saturated rings. The van der Waals surface area contributed by atoms with Gasteiger partial charge in [-0.2, -0.15) is 0 Å². The van der Waals surface area contributed by atoms with Gasteiger partial charge in [0.1, 0.15) is 6.04 Å². The summed E-state index contributed by atoms with van der Waals surface area (Å²) >= 11 is 0. The van der Waals surface area contributed by atoms with Crippen LogP contribution in [0, 0.1) is 27.7 Å². The molecule has 0 bridgehead atoms. The molecule has 1 atom stereocenters. The molecule has 2 aromatic carbocycles. The Bertz CT molecular complexity index is 842. The highest BCUT2D eigenvalue weighted by molar-refractivity contribution is 6.04. The molecule has 1 aliphatic rings. The molecular weight excluding hydrogens is 312 g/mol. The van der Waals surface area contributed by atoms with E-state index in [0.29, 0.717) is 18.5 Å². The van der Waals surface area contributed by atoms with Gasteiger partial charge in [-0.3, -0.25) is 9.59 Å². The van der Waals surface area contributed by atoms with E-state index in [1.54, 1.807) is 4.90 Å². The molecule has 2 aromatic rings. The number of carbonyl (C=O) groups is 2. The third-order valence-corrected chi connectivity index (χ3v) is 4.94. The molecule has 0 aromatic heterocycles. The van der Waals surface area contributed by atoms with Crippen molar-refractivity contribution >= 4 is 17.5 Å². The molecule has 1 aliphatic heterocycles. The van der Waals surface area contributed by atoms with Crippen molar-refractivity contribution in [2.45, 2.75) is 40.2 Å². The number of hydrogen-bond acceptors (Lipinski definition) is 2. The zero-order valence-electron chi connectivity index (χ0n) is 15.2. The highest BCUT2D eigenvalue weighted by Crippen LogP contribution is 2.24. The minimum absolute atomic E-state index is 0.0404. The van der Waals surface area contributed by atoms with Crippen molar-refractivity contribution in [2.75, 3.05) is 11.4 Å². The average molecular weight is 336 g/mol. The Labute approximate surface area is 148 Å². The average Bonchev–Trinajstić information content (AvgIpc) is 2.91. The smallest absolute Gasteiger partial charge is 0.252 e. The highest BCUT2D eigenvalue weighted by atomic mass is 16.2. The molecule has 1 saturated heterocycles. The maximum atomic E-state index is 12.7. The Kier molecular flexibility index (Phi) is 4.62. The number of aryl methyl sites for hydroxylation is 4. The van der Waals surface area contributed by atoms with Gasteiger partial charge in [-0.05, 0) is 69.0 Å². The fourth-order valence-corrected chi connectivity index (χ4v) is 3.27. The van der Waals surface area contributed by atoms with Crippen LogP contribution < -0.4 is 10.2 Å². The van der Waals surface area contributed by atoms with Crippen molar-refractivity contribution < 1.29 is 9.59 Å². The molecule has 25 heavy (non-hydrogen) atoms. The maximum absolute atomic E-state index is 12.7. The lowest BCUT2D eigenvalue weighted by atomic mass is 10.0. The second-order valence-electron chi connectivity index (χ2n) is 6.89. The van der Waals surface area contributed by atoms with Gasteiger partial charge in [0.25, 0.3) is 5.91 Å². The fraction of sp³-hybridized carbons (Fsp3) is 0.333. The largest absolute Gasteiger partial charge is 0.340 e. The molecule has 1 heterocycles. The van der Waals surface area contributed by atoms with Crippen molar-refractivity contribution in [1.82, 2.24) is 5.32 Å². The number of nitrogens with zero attached hydrogens (tertiary/aromatic N) is 1. The van der Waals surface area contributed by atoms with E-state index in [4.69, 9.17) is 0 Å². The molecule has 4 heteroatoms. The first-order chi connectivity index (χ1) is 11.9. The Balaban J connectivity index is 1.73. The predicted molar refractivity (Wildman–Crippen MR) is 100 cm³/mol. The summed E-state index contributed by atoms with van der Waals surface area (Å²) in [7, 11) is 0. The van der Waals surface area contributed by atoms with Crippen LogP contribution in [-0.4, -0.2) is 24.4 Å². The zero-order valence-corrected chi connectivity index (χ0v) is 15.2. The van der Waals surface area contributed by atoms with Gasteiger partial charge >= 0.3 is 0 Å². The van der Waals surface area contributed by atoms with Crippen LogP contribution in [0.1, 0.15) is 39.0 Å². The standard InChI is InChI=1S/C21H24N2O2/c1-13-5-8-18(16(4)11-13)20(24)22-19-9-10-23(21(19)25)17-7-6-14(2)15(3)12-17/h5-8,11-12,19H,9-10H2,1-4H3,(H,22,24)/t19-/m0/s1. The van der Waals surface area contributed by atoms with Gasteiger partial charge in [0.2, 0.25) is 5.91 Å². The third-order valence-electron chi connectivity index (χ3n) is 4.94. The van der Waals surface area contributed by atoms with E-state index in [9.17, 15) is 9.59 Å². The summed E-state index contributed by atoms with van der Waals surface area (Å²) in [5.74, 6) is -0.223. The van der Waals surface area contributed by atoms with Crippen LogP contribution in [0.4, 0.5) is 5.69 Å². The summed E-state index contributed by atoms with van der Waals surface area (Å²) in [6.45, 7) is 8.63. The molecule has 1 N–H and O–H groups in total. The van der Waals surface area contributed by atoms with Crippen molar-refractivity contribution in [1.29, 1.82) is 0 Å².